The van der Waals surface area contributed by atoms with Crippen molar-refractivity contribution in [2.45, 2.75) is 39.3 Å². The van der Waals surface area contributed by atoms with E-state index < -0.39 is 6.03 Å². The van der Waals surface area contributed by atoms with Crippen molar-refractivity contribution in [3.8, 4) is 5.75 Å². The average Bonchev–Trinajstić information content (AvgIpc) is 2.87. The third-order valence-electron chi connectivity index (χ3n) is 6.36. The van der Waals surface area contributed by atoms with Crippen molar-refractivity contribution in [2.75, 3.05) is 44.5 Å². The fourth-order valence-corrected chi connectivity index (χ4v) is 4.22. The van der Waals surface area contributed by atoms with Crippen LogP contribution in [-0.4, -0.2) is 73.6 Å². The number of nitrogens with one attached hydrogen (secondary N) is 2. The smallest absolute Gasteiger partial charge is 0.323 e. The molecule has 2 N–H and O–H groups in total. The fourth-order valence-electron chi connectivity index (χ4n) is 4.22. The minimum atomic E-state index is -0.414. The lowest BCUT2D eigenvalue weighted by molar-refractivity contribution is -0.135. The second kappa shape index (κ2) is 12.4. The summed E-state index contributed by atoms with van der Waals surface area (Å²) in [4.78, 5) is 41.9. The van der Waals surface area contributed by atoms with E-state index in [1.165, 1.54) is 0 Å². The molecule has 4 amide bonds. The van der Waals surface area contributed by atoms with Crippen LogP contribution in [0.3, 0.4) is 0 Å². The van der Waals surface area contributed by atoms with E-state index in [-0.39, 0.29) is 36.5 Å². The first-order valence-electron chi connectivity index (χ1n) is 12.2. The number of amides is 4. The molecule has 1 heterocycles. The molecule has 0 saturated heterocycles. The Morgan fingerprint density at radius 2 is 1.75 bits per heavy atom. The van der Waals surface area contributed by atoms with Crippen LogP contribution in [0.5, 0.6) is 5.75 Å². The van der Waals surface area contributed by atoms with Gasteiger partial charge in [0.25, 0.3) is 5.91 Å². The van der Waals surface area contributed by atoms with Crippen LogP contribution in [0, 0.1) is 5.92 Å². The highest BCUT2D eigenvalue weighted by Crippen LogP contribution is 2.27. The molecule has 0 aromatic heterocycles. The maximum absolute atomic E-state index is 13.3. The Morgan fingerprint density at radius 3 is 2.42 bits per heavy atom. The first kappa shape index (κ1) is 27.0. The highest BCUT2D eigenvalue weighted by molar-refractivity contribution is 6.01. The van der Waals surface area contributed by atoms with Gasteiger partial charge >= 0.3 is 6.03 Å². The zero-order valence-corrected chi connectivity index (χ0v) is 21.6. The monoisotopic (exact) mass is 496 g/mol. The van der Waals surface area contributed by atoms with Crippen molar-refractivity contribution < 1.29 is 23.9 Å². The molecule has 1 aliphatic rings. The van der Waals surface area contributed by atoms with Gasteiger partial charge in [-0.2, -0.15) is 0 Å². The molecule has 9 nitrogen and oxygen atoms in total. The van der Waals surface area contributed by atoms with E-state index >= 15 is 0 Å². The minimum absolute atomic E-state index is 0.0109. The van der Waals surface area contributed by atoms with E-state index in [0.717, 1.165) is 0 Å². The summed E-state index contributed by atoms with van der Waals surface area (Å²) < 4.78 is 11.8. The molecule has 3 atom stereocenters. The number of hydrogen-bond donors (Lipinski definition) is 2. The van der Waals surface area contributed by atoms with Crippen LogP contribution in [-0.2, 0) is 9.53 Å². The lowest BCUT2D eigenvalue weighted by Gasteiger charge is -2.36. The SMILES string of the molecule is CCC(=O)N1C[C@H](C)[C@H](OC)CN(C)C(=O)c2ccc(NC(=O)Nc3ccccc3)cc2OC[C@@H]1C. The van der Waals surface area contributed by atoms with Gasteiger partial charge in [0.1, 0.15) is 12.4 Å². The van der Waals surface area contributed by atoms with Gasteiger partial charge in [-0.1, -0.05) is 32.0 Å². The predicted molar refractivity (Wildman–Crippen MR) is 139 cm³/mol. The maximum atomic E-state index is 13.3. The summed E-state index contributed by atoms with van der Waals surface area (Å²) in [5.74, 6) is 0.163. The van der Waals surface area contributed by atoms with Crippen LogP contribution in [0.1, 0.15) is 37.6 Å². The number of nitrogens with zero attached hydrogens (tertiary/aromatic N) is 2. The number of anilines is 2. The molecule has 0 saturated carbocycles. The molecule has 0 bridgehead atoms. The standard InChI is InChI=1S/C27H36N4O5/c1-6-25(32)31-15-18(2)24(35-5)16-30(4)26(33)22-13-12-21(14-23(22)36-17-19(31)3)29-27(34)28-20-10-8-7-9-11-20/h7-14,18-19,24H,6,15-17H2,1-5H3,(H2,28,29,34)/t18-,19-,24+/m0/s1. The van der Waals surface area contributed by atoms with E-state index in [4.69, 9.17) is 9.47 Å². The largest absolute Gasteiger partial charge is 0.491 e. The van der Waals surface area contributed by atoms with Gasteiger partial charge in [0, 0.05) is 57.0 Å². The van der Waals surface area contributed by atoms with Gasteiger partial charge < -0.3 is 29.9 Å². The summed E-state index contributed by atoms with van der Waals surface area (Å²) in [6.07, 6.45) is 0.138. The number of likely N-dealkylation sites (N-methyl/N-ethyl adjacent to an activating group) is 1. The third kappa shape index (κ3) is 6.75. The third-order valence-corrected chi connectivity index (χ3v) is 6.36. The number of urea groups is 1. The second-order valence-electron chi connectivity index (χ2n) is 9.15. The van der Waals surface area contributed by atoms with Crippen LogP contribution in [0.15, 0.2) is 48.5 Å². The number of benzene rings is 2. The highest BCUT2D eigenvalue weighted by atomic mass is 16.5. The molecule has 0 fully saturated rings. The van der Waals surface area contributed by atoms with Crippen molar-refractivity contribution in [2.24, 2.45) is 5.92 Å². The number of carbonyl (C=O) groups excluding carboxylic acids is 3. The molecule has 1 aliphatic heterocycles. The summed E-state index contributed by atoms with van der Waals surface area (Å²) in [7, 11) is 3.34. The number of para-hydroxylation sites is 1. The van der Waals surface area contributed by atoms with Gasteiger partial charge in [0.2, 0.25) is 5.91 Å². The number of carbonyl (C=O) groups is 3. The number of rotatable bonds is 4. The lowest BCUT2D eigenvalue weighted by atomic mass is 10.0. The molecule has 194 valence electrons. The summed E-state index contributed by atoms with van der Waals surface area (Å²) in [5.41, 5.74) is 1.50. The van der Waals surface area contributed by atoms with Crippen LogP contribution in [0.4, 0.5) is 16.2 Å². The summed E-state index contributed by atoms with van der Waals surface area (Å²) in [5, 5.41) is 5.55. The Morgan fingerprint density at radius 1 is 1.06 bits per heavy atom. The molecular weight excluding hydrogens is 460 g/mol. The number of hydrogen-bond acceptors (Lipinski definition) is 5. The molecule has 2 aromatic rings. The van der Waals surface area contributed by atoms with Crippen LogP contribution < -0.4 is 15.4 Å². The lowest BCUT2D eigenvalue weighted by Crippen LogP contribution is -2.48. The van der Waals surface area contributed by atoms with Crippen molar-refractivity contribution in [1.29, 1.82) is 0 Å². The van der Waals surface area contributed by atoms with E-state index in [0.29, 0.717) is 42.2 Å². The van der Waals surface area contributed by atoms with Crippen LogP contribution in [0.25, 0.3) is 0 Å². The zero-order valence-electron chi connectivity index (χ0n) is 21.6. The Kier molecular flexibility index (Phi) is 9.30. The van der Waals surface area contributed by atoms with Crippen LogP contribution in [0.2, 0.25) is 0 Å². The Hall–Kier alpha value is -3.59. The molecule has 0 aliphatic carbocycles. The first-order chi connectivity index (χ1) is 17.2. The van der Waals surface area contributed by atoms with Gasteiger partial charge in [0.15, 0.2) is 0 Å². The fraction of sp³-hybridized carbons (Fsp3) is 0.444. The first-order valence-corrected chi connectivity index (χ1v) is 12.2. The topological polar surface area (TPSA) is 100 Å². The molecule has 3 rings (SSSR count). The molecule has 36 heavy (non-hydrogen) atoms. The van der Waals surface area contributed by atoms with Gasteiger partial charge in [-0.25, -0.2) is 4.79 Å². The maximum Gasteiger partial charge on any atom is 0.323 e. The van der Waals surface area contributed by atoms with Crippen molar-refractivity contribution in [1.82, 2.24) is 9.80 Å². The highest BCUT2D eigenvalue weighted by Gasteiger charge is 2.29. The Bertz CT molecular complexity index is 1060. The normalized spacial score (nSPS) is 20.9. The van der Waals surface area contributed by atoms with E-state index in [9.17, 15) is 14.4 Å². The van der Waals surface area contributed by atoms with E-state index in [2.05, 4.69) is 10.6 Å². The molecule has 0 radical (unpaired) electrons. The molecule has 2 aromatic carbocycles. The Labute approximate surface area is 212 Å². The van der Waals surface area contributed by atoms with Crippen molar-refractivity contribution in [3.05, 3.63) is 54.1 Å². The summed E-state index contributed by atoms with van der Waals surface area (Å²) in [6, 6.07) is 13.4. The van der Waals surface area contributed by atoms with E-state index in [1.54, 1.807) is 49.4 Å². The van der Waals surface area contributed by atoms with Gasteiger partial charge in [-0.3, -0.25) is 9.59 Å². The second-order valence-corrected chi connectivity index (χ2v) is 9.15. The minimum Gasteiger partial charge on any atom is -0.491 e. The molecule has 9 heteroatoms. The summed E-state index contributed by atoms with van der Waals surface area (Å²) in [6.45, 7) is 6.83. The van der Waals surface area contributed by atoms with E-state index in [1.807, 2.05) is 43.9 Å². The molecule has 0 unspecified atom stereocenters. The van der Waals surface area contributed by atoms with Crippen molar-refractivity contribution in [3.63, 3.8) is 0 Å². The Balaban J connectivity index is 1.89. The van der Waals surface area contributed by atoms with Crippen molar-refractivity contribution >= 4 is 29.2 Å². The van der Waals surface area contributed by atoms with Gasteiger partial charge in [-0.05, 0) is 31.2 Å². The molecular formula is C27H36N4O5. The predicted octanol–water partition coefficient (Wildman–Crippen LogP) is 4.07. The summed E-state index contributed by atoms with van der Waals surface area (Å²) >= 11 is 0. The number of methoxy groups -OCH3 is 1. The quantitative estimate of drug-likeness (QED) is 0.665. The number of ether oxygens (including phenoxy) is 2. The number of fused-ring (bicyclic) bond motifs is 1. The van der Waals surface area contributed by atoms with Gasteiger partial charge in [-0.15, -0.1) is 0 Å². The van der Waals surface area contributed by atoms with Crippen LogP contribution >= 0.6 is 0 Å². The zero-order chi connectivity index (χ0) is 26.2. The molecule has 0 spiro atoms. The van der Waals surface area contributed by atoms with Gasteiger partial charge in [0.05, 0.1) is 17.7 Å². The average molecular weight is 497 g/mol.